The van der Waals surface area contributed by atoms with Gasteiger partial charge in [-0.1, -0.05) is 0 Å². The first-order valence-corrected chi connectivity index (χ1v) is 10.6. The Labute approximate surface area is 175 Å². The topological polar surface area (TPSA) is 80.4 Å². The molecule has 5 heterocycles. The SMILES string of the molecule is Cc1occc1-c1nc(N2CCCCC2)ncc1-c1ccnc(N2CCOCC2)n1. The minimum atomic E-state index is 0.695. The van der Waals surface area contributed by atoms with Crippen molar-refractivity contribution in [2.45, 2.75) is 26.2 Å². The Hall–Kier alpha value is -3.00. The number of rotatable bonds is 4. The van der Waals surface area contributed by atoms with E-state index in [1.807, 2.05) is 25.3 Å². The second-order valence-corrected chi connectivity index (χ2v) is 7.71. The first-order chi connectivity index (χ1) is 14.8. The van der Waals surface area contributed by atoms with Gasteiger partial charge in [-0.3, -0.25) is 0 Å². The molecule has 0 spiro atoms. The zero-order chi connectivity index (χ0) is 20.3. The van der Waals surface area contributed by atoms with Crippen molar-refractivity contribution < 1.29 is 9.15 Å². The summed E-state index contributed by atoms with van der Waals surface area (Å²) < 4.78 is 11.0. The van der Waals surface area contributed by atoms with Crippen molar-refractivity contribution in [2.24, 2.45) is 0 Å². The van der Waals surface area contributed by atoms with Crippen LogP contribution in [0.2, 0.25) is 0 Å². The first-order valence-electron chi connectivity index (χ1n) is 10.6. The summed E-state index contributed by atoms with van der Waals surface area (Å²) >= 11 is 0. The maximum atomic E-state index is 5.59. The fraction of sp³-hybridized carbons (Fsp3) is 0.455. The van der Waals surface area contributed by atoms with E-state index >= 15 is 0 Å². The number of aryl methyl sites for hydroxylation is 1. The highest BCUT2D eigenvalue weighted by molar-refractivity contribution is 5.80. The molecule has 156 valence electrons. The Morgan fingerprint density at radius 3 is 2.37 bits per heavy atom. The lowest BCUT2D eigenvalue weighted by Crippen LogP contribution is -2.37. The molecular formula is C22H26N6O2. The Morgan fingerprint density at radius 2 is 1.60 bits per heavy atom. The predicted molar refractivity (Wildman–Crippen MR) is 115 cm³/mol. The Morgan fingerprint density at radius 1 is 0.833 bits per heavy atom. The van der Waals surface area contributed by atoms with Crippen molar-refractivity contribution in [1.82, 2.24) is 19.9 Å². The highest BCUT2D eigenvalue weighted by Gasteiger charge is 2.21. The summed E-state index contributed by atoms with van der Waals surface area (Å²) in [7, 11) is 0. The van der Waals surface area contributed by atoms with Gasteiger partial charge in [0.25, 0.3) is 0 Å². The summed E-state index contributed by atoms with van der Waals surface area (Å²) in [5.41, 5.74) is 3.52. The molecule has 2 aliphatic rings. The molecule has 0 saturated carbocycles. The lowest BCUT2D eigenvalue weighted by Gasteiger charge is -2.27. The van der Waals surface area contributed by atoms with Gasteiger partial charge in [0.15, 0.2) is 0 Å². The average Bonchev–Trinajstić information content (AvgIpc) is 3.25. The van der Waals surface area contributed by atoms with Gasteiger partial charge >= 0.3 is 0 Å². The number of piperidine rings is 1. The van der Waals surface area contributed by atoms with Crippen LogP contribution in [0.3, 0.4) is 0 Å². The van der Waals surface area contributed by atoms with Crippen LogP contribution in [0, 0.1) is 6.92 Å². The van der Waals surface area contributed by atoms with E-state index in [4.69, 9.17) is 24.1 Å². The second kappa shape index (κ2) is 8.39. The number of anilines is 2. The van der Waals surface area contributed by atoms with Crippen LogP contribution in [0.1, 0.15) is 25.0 Å². The van der Waals surface area contributed by atoms with Gasteiger partial charge in [-0.25, -0.2) is 19.9 Å². The van der Waals surface area contributed by atoms with Gasteiger partial charge < -0.3 is 19.0 Å². The fourth-order valence-corrected chi connectivity index (χ4v) is 4.06. The largest absolute Gasteiger partial charge is 0.469 e. The molecule has 2 aliphatic heterocycles. The molecule has 0 radical (unpaired) electrons. The molecule has 0 atom stereocenters. The third-order valence-electron chi connectivity index (χ3n) is 5.74. The molecule has 8 nitrogen and oxygen atoms in total. The summed E-state index contributed by atoms with van der Waals surface area (Å²) in [5.74, 6) is 2.32. The van der Waals surface area contributed by atoms with Crippen LogP contribution in [-0.4, -0.2) is 59.3 Å². The van der Waals surface area contributed by atoms with E-state index in [1.54, 1.807) is 12.5 Å². The van der Waals surface area contributed by atoms with Crippen molar-refractivity contribution >= 4 is 11.9 Å². The van der Waals surface area contributed by atoms with Crippen LogP contribution in [0.15, 0.2) is 35.2 Å². The molecule has 2 saturated heterocycles. The van der Waals surface area contributed by atoms with Gasteiger partial charge in [-0.2, -0.15) is 0 Å². The third kappa shape index (κ3) is 3.75. The maximum absolute atomic E-state index is 5.59. The number of aromatic nitrogens is 4. The number of nitrogens with zero attached hydrogens (tertiary/aromatic N) is 6. The average molecular weight is 406 g/mol. The number of hydrogen-bond acceptors (Lipinski definition) is 8. The molecule has 0 bridgehead atoms. The molecule has 2 fully saturated rings. The smallest absolute Gasteiger partial charge is 0.226 e. The Kier molecular flexibility index (Phi) is 5.31. The zero-order valence-corrected chi connectivity index (χ0v) is 17.3. The van der Waals surface area contributed by atoms with Crippen LogP contribution in [0.25, 0.3) is 22.5 Å². The monoisotopic (exact) mass is 406 g/mol. The molecule has 5 rings (SSSR count). The van der Waals surface area contributed by atoms with Crippen LogP contribution < -0.4 is 9.80 Å². The first kappa shape index (κ1) is 19.0. The maximum Gasteiger partial charge on any atom is 0.226 e. The van der Waals surface area contributed by atoms with Gasteiger partial charge in [0.05, 0.1) is 30.9 Å². The minimum absolute atomic E-state index is 0.695. The van der Waals surface area contributed by atoms with Crippen LogP contribution in [-0.2, 0) is 4.74 Å². The summed E-state index contributed by atoms with van der Waals surface area (Å²) in [6.45, 7) is 6.93. The predicted octanol–water partition coefficient (Wildman–Crippen LogP) is 3.33. The van der Waals surface area contributed by atoms with E-state index in [2.05, 4.69) is 14.8 Å². The number of ether oxygens (including phenoxy) is 1. The Balaban J connectivity index is 1.56. The highest BCUT2D eigenvalue weighted by atomic mass is 16.5. The van der Waals surface area contributed by atoms with Crippen molar-refractivity contribution in [3.63, 3.8) is 0 Å². The third-order valence-corrected chi connectivity index (χ3v) is 5.74. The van der Waals surface area contributed by atoms with Gasteiger partial charge in [-0.15, -0.1) is 0 Å². The van der Waals surface area contributed by atoms with Crippen molar-refractivity contribution in [2.75, 3.05) is 49.2 Å². The molecule has 0 aromatic carbocycles. The van der Waals surface area contributed by atoms with E-state index < -0.39 is 0 Å². The molecule has 0 amide bonds. The quantitative estimate of drug-likeness (QED) is 0.653. The number of hydrogen-bond donors (Lipinski definition) is 0. The molecule has 8 heteroatoms. The van der Waals surface area contributed by atoms with Crippen molar-refractivity contribution in [3.05, 3.63) is 36.5 Å². The molecule has 30 heavy (non-hydrogen) atoms. The fourth-order valence-electron chi connectivity index (χ4n) is 4.06. The second-order valence-electron chi connectivity index (χ2n) is 7.71. The van der Waals surface area contributed by atoms with E-state index in [1.165, 1.54) is 19.3 Å². The molecule has 0 aliphatic carbocycles. The molecule has 3 aromatic heterocycles. The van der Waals surface area contributed by atoms with Crippen molar-refractivity contribution in [1.29, 1.82) is 0 Å². The van der Waals surface area contributed by atoms with Crippen molar-refractivity contribution in [3.8, 4) is 22.5 Å². The van der Waals surface area contributed by atoms with E-state index in [0.717, 1.165) is 60.4 Å². The molecular weight excluding hydrogens is 380 g/mol. The molecule has 0 unspecified atom stereocenters. The van der Waals surface area contributed by atoms with E-state index in [-0.39, 0.29) is 0 Å². The summed E-state index contributed by atoms with van der Waals surface area (Å²) in [5, 5.41) is 0. The van der Waals surface area contributed by atoms with Crippen LogP contribution in [0.4, 0.5) is 11.9 Å². The highest BCUT2D eigenvalue weighted by Crippen LogP contribution is 2.33. The van der Waals surface area contributed by atoms with Gasteiger partial charge in [0.2, 0.25) is 11.9 Å². The lowest BCUT2D eigenvalue weighted by molar-refractivity contribution is 0.122. The molecule has 3 aromatic rings. The normalized spacial score (nSPS) is 17.4. The minimum Gasteiger partial charge on any atom is -0.469 e. The summed E-state index contributed by atoms with van der Waals surface area (Å²) in [6.07, 6.45) is 9.03. The molecule has 0 N–H and O–H groups in total. The van der Waals surface area contributed by atoms with E-state index in [0.29, 0.717) is 19.2 Å². The van der Waals surface area contributed by atoms with Gasteiger partial charge in [-0.05, 0) is 38.3 Å². The van der Waals surface area contributed by atoms with E-state index in [9.17, 15) is 0 Å². The van der Waals surface area contributed by atoms with Crippen LogP contribution >= 0.6 is 0 Å². The Bertz CT molecular complexity index is 1010. The zero-order valence-electron chi connectivity index (χ0n) is 17.3. The summed E-state index contributed by atoms with van der Waals surface area (Å²) in [6, 6.07) is 3.88. The standard InChI is InChI=1S/C22H26N6O2/c1-16-17(6-12-30-16)20-18(15-24-22(26-20)27-8-3-2-4-9-27)19-5-7-23-21(25-19)28-10-13-29-14-11-28/h5-7,12,15H,2-4,8-11,13-14H2,1H3. The van der Waals surface area contributed by atoms with Gasteiger partial charge in [0.1, 0.15) is 5.76 Å². The lowest BCUT2D eigenvalue weighted by atomic mass is 10.1. The van der Waals surface area contributed by atoms with Gasteiger partial charge in [0, 0.05) is 49.7 Å². The number of furan rings is 1. The number of morpholine rings is 1. The van der Waals surface area contributed by atoms with Crippen LogP contribution in [0.5, 0.6) is 0 Å². The summed E-state index contributed by atoms with van der Waals surface area (Å²) in [4.78, 5) is 23.4.